The minimum Gasteiger partial charge on any atom is -0.468 e. The van der Waals surface area contributed by atoms with Crippen molar-refractivity contribution in [2.24, 2.45) is 0 Å². The summed E-state index contributed by atoms with van der Waals surface area (Å²) in [5.74, 6) is -1.44. The number of carbonyl (C=O) groups is 2. The molecular weight excluding hydrogens is 336 g/mol. The van der Waals surface area contributed by atoms with Crippen LogP contribution in [0, 0.1) is 0 Å². The average molecular weight is 358 g/mol. The van der Waals surface area contributed by atoms with E-state index in [1.54, 1.807) is 31.2 Å². The molecule has 0 aromatic heterocycles. The van der Waals surface area contributed by atoms with Crippen molar-refractivity contribution >= 4 is 22.1 Å². The SMILES string of the molecule is CCOC(=O)[C@@H](C)NS(=O)(=O)N[C@@H](Cc1ccccc1)C(=O)OC. The number of esters is 2. The lowest BCUT2D eigenvalue weighted by molar-refractivity contribution is -0.144. The second-order valence-electron chi connectivity index (χ2n) is 4.98. The second-order valence-corrected chi connectivity index (χ2v) is 6.46. The largest absolute Gasteiger partial charge is 0.468 e. The van der Waals surface area contributed by atoms with E-state index < -0.39 is 34.2 Å². The minimum absolute atomic E-state index is 0.113. The fourth-order valence-electron chi connectivity index (χ4n) is 1.93. The third-order valence-electron chi connectivity index (χ3n) is 3.04. The van der Waals surface area contributed by atoms with Gasteiger partial charge in [0.05, 0.1) is 13.7 Å². The molecule has 1 aromatic carbocycles. The van der Waals surface area contributed by atoms with Gasteiger partial charge in [-0.1, -0.05) is 30.3 Å². The van der Waals surface area contributed by atoms with Crippen LogP contribution in [0.2, 0.25) is 0 Å². The van der Waals surface area contributed by atoms with E-state index in [0.29, 0.717) is 0 Å². The highest BCUT2D eigenvalue weighted by Gasteiger charge is 2.28. The fourth-order valence-corrected chi connectivity index (χ4v) is 3.12. The molecule has 0 aliphatic carbocycles. The maximum atomic E-state index is 12.1. The molecule has 0 unspecified atom stereocenters. The van der Waals surface area contributed by atoms with E-state index >= 15 is 0 Å². The molecule has 1 rings (SSSR count). The Morgan fingerprint density at radius 1 is 1.12 bits per heavy atom. The maximum Gasteiger partial charge on any atom is 0.324 e. The van der Waals surface area contributed by atoms with Crippen molar-refractivity contribution < 1.29 is 27.5 Å². The summed E-state index contributed by atoms with van der Waals surface area (Å²) in [5.41, 5.74) is 0.758. The highest BCUT2D eigenvalue weighted by Crippen LogP contribution is 2.05. The lowest BCUT2D eigenvalue weighted by atomic mass is 10.1. The molecule has 8 nitrogen and oxygen atoms in total. The predicted molar refractivity (Wildman–Crippen MR) is 87.2 cm³/mol. The van der Waals surface area contributed by atoms with Crippen molar-refractivity contribution in [3.63, 3.8) is 0 Å². The first-order valence-electron chi connectivity index (χ1n) is 7.37. The normalized spacial score (nSPS) is 13.8. The molecule has 0 saturated carbocycles. The first kappa shape index (κ1) is 20.1. The molecule has 2 atom stereocenters. The van der Waals surface area contributed by atoms with Crippen LogP contribution in [0.1, 0.15) is 19.4 Å². The van der Waals surface area contributed by atoms with E-state index in [0.717, 1.165) is 5.56 Å². The summed E-state index contributed by atoms with van der Waals surface area (Å²) in [7, 11) is -2.95. The predicted octanol–water partition coefficient (Wildman–Crippen LogP) is 0.146. The van der Waals surface area contributed by atoms with Gasteiger partial charge in [-0.15, -0.1) is 0 Å². The second kappa shape index (κ2) is 9.36. The molecule has 0 aliphatic rings. The van der Waals surface area contributed by atoms with Crippen LogP contribution in [0.5, 0.6) is 0 Å². The molecule has 0 radical (unpaired) electrons. The van der Waals surface area contributed by atoms with Crippen molar-refractivity contribution in [2.75, 3.05) is 13.7 Å². The standard InChI is InChI=1S/C15H22N2O6S/c1-4-23-14(18)11(2)16-24(20,21)17-13(15(19)22-3)10-12-8-6-5-7-9-12/h5-9,11,13,16-17H,4,10H2,1-3H3/t11-,13+/m1/s1. The van der Waals surface area contributed by atoms with E-state index in [2.05, 4.69) is 14.2 Å². The average Bonchev–Trinajstić information content (AvgIpc) is 2.54. The third kappa shape index (κ3) is 6.65. The summed E-state index contributed by atoms with van der Waals surface area (Å²) in [4.78, 5) is 23.4. The number of carbonyl (C=O) groups excluding carboxylic acids is 2. The Kier molecular flexibility index (Phi) is 7.83. The smallest absolute Gasteiger partial charge is 0.324 e. The van der Waals surface area contributed by atoms with Crippen molar-refractivity contribution in [3.05, 3.63) is 35.9 Å². The van der Waals surface area contributed by atoms with Crippen LogP contribution in [-0.2, 0) is 35.7 Å². The number of ether oxygens (including phenoxy) is 2. The highest BCUT2D eigenvalue weighted by molar-refractivity contribution is 7.87. The van der Waals surface area contributed by atoms with Crippen LogP contribution in [0.25, 0.3) is 0 Å². The van der Waals surface area contributed by atoms with Gasteiger partial charge in [0.25, 0.3) is 10.2 Å². The summed E-state index contributed by atoms with van der Waals surface area (Å²) in [6, 6.07) is 6.68. The van der Waals surface area contributed by atoms with Gasteiger partial charge < -0.3 is 9.47 Å². The van der Waals surface area contributed by atoms with Crippen LogP contribution in [-0.4, -0.2) is 46.2 Å². The molecule has 0 spiro atoms. The molecule has 2 N–H and O–H groups in total. The maximum absolute atomic E-state index is 12.1. The molecule has 0 amide bonds. The van der Waals surface area contributed by atoms with Gasteiger partial charge in [-0.05, 0) is 25.8 Å². The Morgan fingerprint density at radius 2 is 1.75 bits per heavy atom. The van der Waals surface area contributed by atoms with Crippen molar-refractivity contribution in [2.45, 2.75) is 32.4 Å². The lowest BCUT2D eigenvalue weighted by Gasteiger charge is -2.19. The summed E-state index contributed by atoms with van der Waals surface area (Å²) in [6.07, 6.45) is 0.113. The van der Waals surface area contributed by atoms with Gasteiger partial charge in [-0.2, -0.15) is 17.9 Å². The molecule has 1 aromatic rings. The third-order valence-corrected chi connectivity index (χ3v) is 4.30. The van der Waals surface area contributed by atoms with Gasteiger partial charge in [0.1, 0.15) is 12.1 Å². The van der Waals surface area contributed by atoms with Crippen molar-refractivity contribution in [1.82, 2.24) is 9.44 Å². The Balaban J connectivity index is 2.81. The van der Waals surface area contributed by atoms with E-state index in [-0.39, 0.29) is 13.0 Å². The zero-order chi connectivity index (χ0) is 18.2. The molecule has 0 aliphatic heterocycles. The van der Waals surface area contributed by atoms with Crippen LogP contribution < -0.4 is 9.44 Å². The monoisotopic (exact) mass is 358 g/mol. The number of hydrogen-bond donors (Lipinski definition) is 2. The molecule has 24 heavy (non-hydrogen) atoms. The number of nitrogens with one attached hydrogen (secondary N) is 2. The molecule has 0 heterocycles. The van der Waals surface area contributed by atoms with Crippen LogP contribution in [0.3, 0.4) is 0 Å². The zero-order valence-electron chi connectivity index (χ0n) is 13.8. The Labute approximate surface area is 141 Å². The summed E-state index contributed by atoms with van der Waals surface area (Å²) < 4.78 is 37.9. The Bertz CT molecular complexity index is 647. The number of rotatable bonds is 9. The number of benzene rings is 1. The van der Waals surface area contributed by atoms with Crippen LogP contribution in [0.15, 0.2) is 30.3 Å². The van der Waals surface area contributed by atoms with Gasteiger partial charge in [-0.25, -0.2) is 0 Å². The Morgan fingerprint density at radius 3 is 2.29 bits per heavy atom. The molecular formula is C15H22N2O6S. The lowest BCUT2D eigenvalue weighted by Crippen LogP contribution is -2.51. The van der Waals surface area contributed by atoms with Crippen LogP contribution in [0.4, 0.5) is 0 Å². The van der Waals surface area contributed by atoms with Gasteiger partial charge in [-0.3, -0.25) is 9.59 Å². The first-order chi connectivity index (χ1) is 11.3. The Hall–Kier alpha value is -1.97. The van der Waals surface area contributed by atoms with Gasteiger partial charge >= 0.3 is 11.9 Å². The van der Waals surface area contributed by atoms with Crippen molar-refractivity contribution in [3.8, 4) is 0 Å². The molecule has 134 valence electrons. The van der Waals surface area contributed by atoms with Crippen molar-refractivity contribution in [1.29, 1.82) is 0 Å². The zero-order valence-corrected chi connectivity index (χ0v) is 14.6. The summed E-state index contributed by atoms with van der Waals surface area (Å²) >= 11 is 0. The topological polar surface area (TPSA) is 111 Å². The minimum atomic E-state index is -4.12. The van der Waals surface area contributed by atoms with Gasteiger partial charge in [0.15, 0.2) is 0 Å². The van der Waals surface area contributed by atoms with Gasteiger partial charge in [0.2, 0.25) is 0 Å². The summed E-state index contributed by atoms with van der Waals surface area (Å²) in [6.45, 7) is 3.10. The first-order valence-corrected chi connectivity index (χ1v) is 8.85. The highest BCUT2D eigenvalue weighted by atomic mass is 32.2. The molecule has 0 fully saturated rings. The van der Waals surface area contributed by atoms with Crippen LogP contribution >= 0.6 is 0 Å². The van der Waals surface area contributed by atoms with E-state index in [4.69, 9.17) is 4.74 Å². The summed E-state index contributed by atoms with van der Waals surface area (Å²) in [5, 5.41) is 0. The molecule has 0 saturated heterocycles. The van der Waals surface area contributed by atoms with E-state index in [9.17, 15) is 18.0 Å². The van der Waals surface area contributed by atoms with E-state index in [1.807, 2.05) is 6.07 Å². The molecule has 9 heteroatoms. The van der Waals surface area contributed by atoms with Gasteiger partial charge in [0, 0.05) is 0 Å². The number of methoxy groups -OCH3 is 1. The fraction of sp³-hybridized carbons (Fsp3) is 0.467. The quantitative estimate of drug-likeness (QED) is 0.608. The molecule has 0 bridgehead atoms. The van der Waals surface area contributed by atoms with E-state index in [1.165, 1.54) is 14.0 Å². The number of hydrogen-bond acceptors (Lipinski definition) is 6.